The maximum atomic E-state index is 13.5. The van der Waals surface area contributed by atoms with Crippen molar-refractivity contribution in [2.45, 2.75) is 4.90 Å². The van der Waals surface area contributed by atoms with Gasteiger partial charge in [0, 0.05) is 0 Å². The minimum absolute atomic E-state index is 0.0623. The van der Waals surface area contributed by atoms with Gasteiger partial charge in [-0.25, -0.2) is 26.4 Å². The Hall–Kier alpha value is -3.36. The highest BCUT2D eigenvalue weighted by Gasteiger charge is 2.17. The molecule has 2 aromatic carbocycles. The Labute approximate surface area is 163 Å². The van der Waals surface area contributed by atoms with Crippen LogP contribution in [0.25, 0.3) is 0 Å². The van der Waals surface area contributed by atoms with Gasteiger partial charge in [0.1, 0.15) is 0 Å². The summed E-state index contributed by atoms with van der Waals surface area (Å²) in [5.74, 6) is -4.63. The number of ether oxygens (including phenoxy) is 1. The maximum absolute atomic E-state index is 13.5. The van der Waals surface area contributed by atoms with Crippen LogP contribution in [0.2, 0.25) is 0 Å². The molecule has 0 aliphatic heterocycles. The van der Waals surface area contributed by atoms with Crippen LogP contribution in [0.3, 0.4) is 0 Å². The summed E-state index contributed by atoms with van der Waals surface area (Å²) in [7, 11) is -3.84. The normalized spacial score (nSPS) is 10.8. The minimum Gasteiger partial charge on any atom is -0.452 e. The van der Waals surface area contributed by atoms with E-state index in [-0.39, 0.29) is 17.0 Å². The number of nitrogens with one attached hydrogen (secondary N) is 2. The van der Waals surface area contributed by atoms with Gasteiger partial charge in [0.15, 0.2) is 24.1 Å². The third kappa shape index (κ3) is 5.56. The van der Waals surface area contributed by atoms with E-state index in [0.29, 0.717) is 6.07 Å². The molecule has 0 radical (unpaired) electrons. The molecule has 0 unspecified atom stereocenters. The van der Waals surface area contributed by atoms with Crippen LogP contribution in [-0.2, 0) is 19.6 Å². The first-order chi connectivity index (χ1) is 13.7. The predicted octanol–water partition coefficient (Wildman–Crippen LogP) is 1.81. The van der Waals surface area contributed by atoms with Gasteiger partial charge in [-0.1, -0.05) is 5.92 Å². The van der Waals surface area contributed by atoms with Crippen molar-refractivity contribution in [3.63, 3.8) is 0 Å². The topological polar surface area (TPSA) is 102 Å². The lowest BCUT2D eigenvalue weighted by Crippen LogP contribution is -2.24. The number of halogens is 3. The van der Waals surface area contributed by atoms with E-state index in [1.165, 1.54) is 0 Å². The van der Waals surface area contributed by atoms with Crippen molar-refractivity contribution in [3.8, 4) is 12.3 Å². The first-order valence-electron chi connectivity index (χ1n) is 7.79. The predicted molar refractivity (Wildman–Crippen MR) is 95.7 cm³/mol. The summed E-state index contributed by atoms with van der Waals surface area (Å²) in [5, 5.41) is 1.93. The van der Waals surface area contributed by atoms with Gasteiger partial charge in [0.25, 0.3) is 5.91 Å². The van der Waals surface area contributed by atoms with Crippen LogP contribution < -0.4 is 10.0 Å². The molecule has 0 saturated heterocycles. The Bertz CT molecular complexity index is 1080. The number of amides is 1. The molecule has 0 atom stereocenters. The van der Waals surface area contributed by atoms with Crippen molar-refractivity contribution in [1.29, 1.82) is 0 Å². The molecule has 29 heavy (non-hydrogen) atoms. The van der Waals surface area contributed by atoms with Gasteiger partial charge in [-0.2, -0.15) is 4.72 Å². The van der Waals surface area contributed by atoms with Crippen molar-refractivity contribution < 1.29 is 35.9 Å². The number of rotatable bonds is 7. The zero-order valence-electron chi connectivity index (χ0n) is 14.5. The van der Waals surface area contributed by atoms with Gasteiger partial charge in [-0.3, -0.25) is 4.79 Å². The molecule has 0 aromatic heterocycles. The number of anilines is 1. The summed E-state index contributed by atoms with van der Waals surface area (Å²) < 4.78 is 70.1. The summed E-state index contributed by atoms with van der Waals surface area (Å²) in [6.07, 6.45) is 4.98. The summed E-state index contributed by atoms with van der Waals surface area (Å²) >= 11 is 0. The molecule has 0 heterocycles. The molecule has 0 aliphatic carbocycles. The third-order valence-corrected chi connectivity index (χ3v) is 4.83. The lowest BCUT2D eigenvalue weighted by Gasteiger charge is -2.09. The van der Waals surface area contributed by atoms with Crippen molar-refractivity contribution in [1.82, 2.24) is 4.72 Å². The maximum Gasteiger partial charge on any atom is 0.338 e. The average molecular weight is 426 g/mol. The van der Waals surface area contributed by atoms with Crippen LogP contribution in [0, 0.1) is 29.8 Å². The zero-order valence-corrected chi connectivity index (χ0v) is 15.4. The summed E-state index contributed by atoms with van der Waals surface area (Å²) in [6.45, 7) is -1.05. The van der Waals surface area contributed by atoms with Crippen LogP contribution >= 0.6 is 0 Å². The summed E-state index contributed by atoms with van der Waals surface area (Å²) in [4.78, 5) is 23.5. The number of hydrogen-bond acceptors (Lipinski definition) is 5. The number of hydrogen-bond donors (Lipinski definition) is 2. The average Bonchev–Trinajstić information content (AvgIpc) is 2.71. The quantitative estimate of drug-likeness (QED) is 0.400. The summed E-state index contributed by atoms with van der Waals surface area (Å²) in [6, 6.07) is 5.99. The molecule has 152 valence electrons. The lowest BCUT2D eigenvalue weighted by molar-refractivity contribution is -0.119. The van der Waals surface area contributed by atoms with Crippen LogP contribution in [0.5, 0.6) is 0 Å². The second kappa shape index (κ2) is 9.22. The Balaban J connectivity index is 1.96. The Morgan fingerprint density at radius 1 is 1.03 bits per heavy atom. The fourth-order valence-electron chi connectivity index (χ4n) is 2.01. The van der Waals surface area contributed by atoms with E-state index in [9.17, 15) is 31.2 Å². The molecule has 2 N–H and O–H groups in total. The molecule has 7 nitrogen and oxygen atoms in total. The molecular weight excluding hydrogens is 413 g/mol. The molecular formula is C18H13F3N2O5S. The van der Waals surface area contributed by atoms with E-state index < -0.39 is 51.6 Å². The van der Waals surface area contributed by atoms with Gasteiger partial charge in [-0.05, 0) is 36.4 Å². The summed E-state index contributed by atoms with van der Waals surface area (Å²) in [5.41, 5.74) is -0.688. The highest BCUT2D eigenvalue weighted by molar-refractivity contribution is 7.89. The van der Waals surface area contributed by atoms with Gasteiger partial charge in [0.2, 0.25) is 10.0 Å². The third-order valence-electron chi connectivity index (χ3n) is 3.41. The fourth-order valence-corrected chi connectivity index (χ4v) is 2.95. The molecule has 1 amide bonds. The number of carbonyl (C=O) groups excluding carboxylic acids is 2. The standard InChI is InChI=1S/C18H13F3N2O5S/c1-2-9-22-29(26,27)12-5-3-11(4-6-12)18(25)28-10-15(24)23-14-8-7-13(19)16(20)17(14)21/h1,3-8,22H,9-10H2,(H,23,24). The first kappa shape index (κ1) is 21.9. The van der Waals surface area contributed by atoms with E-state index in [0.717, 1.165) is 30.3 Å². The highest BCUT2D eigenvalue weighted by Crippen LogP contribution is 2.19. The van der Waals surface area contributed by atoms with Crippen LogP contribution in [-0.4, -0.2) is 33.4 Å². The number of sulfonamides is 1. The number of carbonyl (C=O) groups is 2. The lowest BCUT2D eigenvalue weighted by atomic mass is 10.2. The van der Waals surface area contributed by atoms with Crippen LogP contribution in [0.1, 0.15) is 10.4 Å². The molecule has 11 heteroatoms. The van der Waals surface area contributed by atoms with E-state index >= 15 is 0 Å². The van der Waals surface area contributed by atoms with E-state index in [1.54, 1.807) is 0 Å². The van der Waals surface area contributed by atoms with Crippen LogP contribution in [0.15, 0.2) is 41.3 Å². The van der Waals surface area contributed by atoms with Crippen molar-refractivity contribution in [3.05, 3.63) is 59.4 Å². The zero-order chi connectivity index (χ0) is 21.6. The fraction of sp³-hybridized carbons (Fsp3) is 0.111. The number of esters is 1. The van der Waals surface area contributed by atoms with Crippen LogP contribution in [0.4, 0.5) is 18.9 Å². The monoisotopic (exact) mass is 426 g/mol. The largest absolute Gasteiger partial charge is 0.452 e. The molecule has 2 aromatic rings. The van der Waals surface area contributed by atoms with Gasteiger partial charge >= 0.3 is 5.97 Å². The van der Waals surface area contributed by atoms with Crippen molar-refractivity contribution in [2.75, 3.05) is 18.5 Å². The molecule has 0 aliphatic rings. The second-order valence-corrected chi connectivity index (χ2v) is 7.17. The van der Waals surface area contributed by atoms with Crippen molar-refractivity contribution in [2.24, 2.45) is 0 Å². The van der Waals surface area contributed by atoms with Gasteiger partial charge in [-0.15, -0.1) is 6.42 Å². The Morgan fingerprint density at radius 2 is 1.69 bits per heavy atom. The van der Waals surface area contributed by atoms with E-state index in [4.69, 9.17) is 11.2 Å². The number of terminal acetylenes is 1. The van der Waals surface area contributed by atoms with Gasteiger partial charge < -0.3 is 10.1 Å². The van der Waals surface area contributed by atoms with Crippen molar-refractivity contribution >= 4 is 27.6 Å². The molecule has 2 rings (SSSR count). The van der Waals surface area contributed by atoms with E-state index in [1.807, 2.05) is 5.32 Å². The van der Waals surface area contributed by atoms with Gasteiger partial charge in [0.05, 0.1) is 22.7 Å². The molecule has 0 spiro atoms. The minimum atomic E-state index is -3.84. The molecule has 0 saturated carbocycles. The number of benzene rings is 2. The first-order valence-corrected chi connectivity index (χ1v) is 9.27. The van der Waals surface area contributed by atoms with E-state index in [2.05, 4.69) is 10.6 Å². The highest BCUT2D eigenvalue weighted by atomic mass is 32.2. The SMILES string of the molecule is C#CCNS(=O)(=O)c1ccc(C(=O)OCC(=O)Nc2ccc(F)c(F)c2F)cc1. The molecule has 0 bridgehead atoms. The smallest absolute Gasteiger partial charge is 0.338 e. The Morgan fingerprint density at radius 3 is 2.31 bits per heavy atom. The molecule has 0 fully saturated rings. The second-order valence-electron chi connectivity index (χ2n) is 5.40. The Kier molecular flexibility index (Phi) is 6.98.